The summed E-state index contributed by atoms with van der Waals surface area (Å²) in [4.78, 5) is 16.9. The second-order valence-corrected chi connectivity index (χ2v) is 7.70. The Bertz CT molecular complexity index is 996. The zero-order valence-corrected chi connectivity index (χ0v) is 16.8. The average molecular weight is 395 g/mol. The third kappa shape index (κ3) is 3.98. The second-order valence-electron chi connectivity index (χ2n) is 7.27. The highest BCUT2D eigenvalue weighted by Gasteiger charge is 2.21. The Morgan fingerprint density at radius 1 is 1.04 bits per heavy atom. The zero-order valence-electron chi connectivity index (χ0n) is 16.0. The lowest BCUT2D eigenvalue weighted by atomic mass is 10.1. The number of nitrogens with one attached hydrogen (secondary N) is 2. The Hall–Kier alpha value is -2.56. The molecule has 1 heterocycles. The lowest BCUT2D eigenvalue weighted by Gasteiger charge is -2.34. The lowest BCUT2D eigenvalue weighted by Crippen LogP contribution is -3.14. The second kappa shape index (κ2) is 8.21. The number of carbonyl (C=O) groups excluding carboxylic acids is 1. The monoisotopic (exact) mass is 394 g/mol. The molecule has 0 aromatic heterocycles. The van der Waals surface area contributed by atoms with Crippen molar-refractivity contribution in [3.05, 3.63) is 71.2 Å². The first-order valence-electron chi connectivity index (χ1n) is 9.82. The first kappa shape index (κ1) is 18.8. The van der Waals surface area contributed by atoms with Crippen LogP contribution in [0.2, 0.25) is 5.02 Å². The number of quaternary nitrogens is 1. The number of likely N-dealkylation sites (N-methyl/N-ethyl adjacent to an activating group) is 1. The van der Waals surface area contributed by atoms with E-state index < -0.39 is 0 Å². The minimum absolute atomic E-state index is 0.118. The van der Waals surface area contributed by atoms with Crippen LogP contribution in [0.3, 0.4) is 0 Å². The van der Waals surface area contributed by atoms with Crippen LogP contribution in [0, 0.1) is 0 Å². The first-order chi connectivity index (χ1) is 13.6. The molecule has 0 saturated carbocycles. The Balaban J connectivity index is 1.58. The standard InChI is InChI=1S/C23H24ClN3O/c1-2-26-11-13-27(14-12-26)22-10-9-20(24)16-21(22)25-23(28)19-8-7-17-5-3-4-6-18(17)15-19/h3-10,15-16H,2,11-14H2,1H3,(H,25,28)/p+1. The molecule has 144 valence electrons. The highest BCUT2D eigenvalue weighted by molar-refractivity contribution is 6.31. The quantitative estimate of drug-likeness (QED) is 0.711. The van der Waals surface area contributed by atoms with E-state index in [0.717, 1.165) is 54.9 Å². The van der Waals surface area contributed by atoms with Crippen molar-refractivity contribution in [1.29, 1.82) is 0 Å². The van der Waals surface area contributed by atoms with Crippen molar-refractivity contribution in [3.8, 4) is 0 Å². The molecule has 0 atom stereocenters. The maximum atomic E-state index is 12.9. The fourth-order valence-electron chi connectivity index (χ4n) is 3.83. The number of hydrogen-bond donors (Lipinski definition) is 2. The van der Waals surface area contributed by atoms with E-state index in [2.05, 4.69) is 17.1 Å². The Kier molecular flexibility index (Phi) is 5.51. The number of rotatable bonds is 4. The number of benzene rings is 3. The summed E-state index contributed by atoms with van der Waals surface area (Å²) < 4.78 is 0. The smallest absolute Gasteiger partial charge is 0.255 e. The van der Waals surface area contributed by atoms with E-state index in [4.69, 9.17) is 11.6 Å². The molecule has 0 spiro atoms. The molecule has 4 rings (SSSR count). The minimum Gasteiger partial charge on any atom is -0.359 e. The fraction of sp³-hybridized carbons (Fsp3) is 0.261. The number of fused-ring (bicyclic) bond motifs is 1. The van der Waals surface area contributed by atoms with E-state index >= 15 is 0 Å². The minimum atomic E-state index is -0.118. The topological polar surface area (TPSA) is 36.8 Å². The molecule has 4 nitrogen and oxygen atoms in total. The van der Waals surface area contributed by atoms with Crippen molar-refractivity contribution in [1.82, 2.24) is 0 Å². The van der Waals surface area contributed by atoms with Crippen LogP contribution < -0.4 is 15.1 Å². The largest absolute Gasteiger partial charge is 0.359 e. The molecule has 0 bridgehead atoms. The summed E-state index contributed by atoms with van der Waals surface area (Å²) in [5, 5.41) is 5.88. The molecule has 2 N–H and O–H groups in total. The van der Waals surface area contributed by atoms with Gasteiger partial charge in [0, 0.05) is 10.6 Å². The summed E-state index contributed by atoms with van der Waals surface area (Å²) in [7, 11) is 0. The molecule has 1 aliphatic rings. The van der Waals surface area contributed by atoms with Gasteiger partial charge in [-0.05, 0) is 48.0 Å². The molecule has 3 aromatic carbocycles. The van der Waals surface area contributed by atoms with Crippen molar-refractivity contribution >= 4 is 39.7 Å². The number of piperazine rings is 1. The SMILES string of the molecule is CC[NH+]1CCN(c2ccc(Cl)cc2NC(=O)c2ccc3ccccc3c2)CC1. The van der Waals surface area contributed by atoms with Crippen LogP contribution in [0.4, 0.5) is 11.4 Å². The summed E-state index contributed by atoms with van der Waals surface area (Å²) in [6.07, 6.45) is 0. The van der Waals surface area contributed by atoms with E-state index in [1.807, 2.05) is 60.7 Å². The number of halogens is 1. The maximum absolute atomic E-state index is 12.9. The molecule has 1 saturated heterocycles. The fourth-order valence-corrected chi connectivity index (χ4v) is 4.00. The summed E-state index contributed by atoms with van der Waals surface area (Å²) in [6, 6.07) is 19.6. The van der Waals surface area contributed by atoms with Crippen LogP contribution in [-0.2, 0) is 0 Å². The Labute approximate surface area is 170 Å². The lowest BCUT2D eigenvalue weighted by molar-refractivity contribution is -0.898. The molecule has 28 heavy (non-hydrogen) atoms. The van der Waals surface area contributed by atoms with Crippen molar-refractivity contribution in [2.24, 2.45) is 0 Å². The molecule has 0 unspecified atom stereocenters. The van der Waals surface area contributed by atoms with E-state index in [1.165, 1.54) is 0 Å². The molecule has 0 radical (unpaired) electrons. The summed E-state index contributed by atoms with van der Waals surface area (Å²) in [6.45, 7) is 7.55. The normalized spacial score (nSPS) is 15.0. The van der Waals surface area contributed by atoms with Crippen molar-refractivity contribution in [3.63, 3.8) is 0 Å². The molecule has 0 aliphatic carbocycles. The molecule has 3 aromatic rings. The number of anilines is 2. The molecule has 1 aliphatic heterocycles. The predicted octanol–water partition coefficient (Wildman–Crippen LogP) is 3.47. The van der Waals surface area contributed by atoms with Crippen LogP contribution in [0.25, 0.3) is 10.8 Å². The number of carbonyl (C=O) groups is 1. The van der Waals surface area contributed by atoms with Crippen molar-refractivity contribution in [2.75, 3.05) is 42.9 Å². The third-order valence-corrected chi connectivity index (χ3v) is 5.76. The summed E-state index contributed by atoms with van der Waals surface area (Å²) >= 11 is 6.24. The Morgan fingerprint density at radius 2 is 1.79 bits per heavy atom. The average Bonchev–Trinajstić information content (AvgIpc) is 2.73. The van der Waals surface area contributed by atoms with E-state index in [1.54, 1.807) is 4.90 Å². The molecule has 5 heteroatoms. The zero-order chi connectivity index (χ0) is 19.5. The van der Waals surface area contributed by atoms with Gasteiger partial charge >= 0.3 is 0 Å². The van der Waals surface area contributed by atoms with E-state index in [9.17, 15) is 4.79 Å². The van der Waals surface area contributed by atoms with Crippen LogP contribution in [0.1, 0.15) is 17.3 Å². The number of nitrogens with zero attached hydrogens (tertiary/aromatic N) is 1. The molecule has 1 amide bonds. The van der Waals surface area contributed by atoms with Gasteiger partial charge in [-0.25, -0.2) is 0 Å². The van der Waals surface area contributed by atoms with Gasteiger partial charge in [-0.1, -0.05) is 41.9 Å². The van der Waals surface area contributed by atoms with Gasteiger partial charge in [0.25, 0.3) is 5.91 Å². The summed E-state index contributed by atoms with van der Waals surface area (Å²) in [5.74, 6) is -0.118. The Morgan fingerprint density at radius 3 is 2.54 bits per heavy atom. The maximum Gasteiger partial charge on any atom is 0.255 e. The van der Waals surface area contributed by atoms with Gasteiger partial charge in [0.1, 0.15) is 0 Å². The highest BCUT2D eigenvalue weighted by atomic mass is 35.5. The van der Waals surface area contributed by atoms with Crippen LogP contribution >= 0.6 is 11.6 Å². The van der Waals surface area contributed by atoms with Crippen LogP contribution in [-0.4, -0.2) is 38.6 Å². The predicted molar refractivity (Wildman–Crippen MR) is 117 cm³/mol. The van der Waals surface area contributed by atoms with Gasteiger partial charge in [0.2, 0.25) is 0 Å². The van der Waals surface area contributed by atoms with Crippen molar-refractivity contribution < 1.29 is 9.69 Å². The molecule has 1 fully saturated rings. The van der Waals surface area contributed by atoms with Crippen molar-refractivity contribution in [2.45, 2.75) is 6.92 Å². The van der Waals surface area contributed by atoms with Crippen LogP contribution in [0.5, 0.6) is 0 Å². The molecular formula is C23H25ClN3O+. The van der Waals surface area contributed by atoms with Crippen LogP contribution in [0.15, 0.2) is 60.7 Å². The summed E-state index contributed by atoms with van der Waals surface area (Å²) in [5.41, 5.74) is 2.45. The molecular weight excluding hydrogens is 370 g/mol. The van der Waals surface area contributed by atoms with Gasteiger partial charge in [-0.15, -0.1) is 0 Å². The van der Waals surface area contributed by atoms with E-state index in [-0.39, 0.29) is 5.91 Å². The first-order valence-corrected chi connectivity index (χ1v) is 10.2. The van der Waals surface area contributed by atoms with Gasteiger partial charge in [-0.2, -0.15) is 0 Å². The number of amides is 1. The van der Waals surface area contributed by atoms with E-state index in [0.29, 0.717) is 10.6 Å². The van der Waals surface area contributed by atoms with Gasteiger partial charge in [0.15, 0.2) is 0 Å². The van der Waals surface area contributed by atoms with Gasteiger partial charge in [-0.3, -0.25) is 4.79 Å². The highest BCUT2D eigenvalue weighted by Crippen LogP contribution is 2.30. The third-order valence-electron chi connectivity index (χ3n) is 5.53. The van der Waals surface area contributed by atoms with Gasteiger partial charge in [0.05, 0.1) is 44.1 Å². The van der Waals surface area contributed by atoms with Gasteiger partial charge < -0.3 is 15.1 Å². The number of hydrogen-bond acceptors (Lipinski definition) is 2.